The van der Waals surface area contributed by atoms with E-state index < -0.39 is 0 Å². The molecule has 2 heterocycles. The van der Waals surface area contributed by atoms with Gasteiger partial charge in [0, 0.05) is 43.6 Å². The molecule has 3 aromatic rings. The van der Waals surface area contributed by atoms with E-state index in [1.165, 1.54) is 12.1 Å². The molecule has 0 amide bonds. The number of nitrogens with two attached hydrogens (primary N) is 1. The number of nitrogens with zero attached hydrogens (tertiary/aromatic N) is 5. The molecule has 0 spiro atoms. The fraction of sp³-hybridized carbons (Fsp3) is 0.286. The highest BCUT2D eigenvalue weighted by atomic mass is 19.1. The number of nitrogens with one attached hydrogen (secondary N) is 1. The van der Waals surface area contributed by atoms with Crippen molar-refractivity contribution in [3.63, 3.8) is 0 Å². The van der Waals surface area contributed by atoms with Crippen LogP contribution >= 0.6 is 0 Å². The zero-order chi connectivity index (χ0) is 20.9. The quantitative estimate of drug-likeness (QED) is 0.642. The summed E-state index contributed by atoms with van der Waals surface area (Å²) in [4.78, 5) is 17.5. The molecule has 30 heavy (non-hydrogen) atoms. The number of rotatable bonds is 6. The van der Waals surface area contributed by atoms with Crippen LogP contribution in [0, 0.1) is 5.82 Å². The van der Waals surface area contributed by atoms with Crippen molar-refractivity contribution in [1.29, 1.82) is 0 Å². The van der Waals surface area contributed by atoms with E-state index >= 15 is 0 Å². The molecule has 0 bridgehead atoms. The number of hydrogen-bond donors (Lipinski definition) is 2. The summed E-state index contributed by atoms with van der Waals surface area (Å²) in [6.07, 6.45) is 0. The summed E-state index contributed by atoms with van der Waals surface area (Å²) in [5.41, 5.74) is 7.74. The molecule has 0 atom stereocenters. The Hall–Kier alpha value is -3.46. The summed E-state index contributed by atoms with van der Waals surface area (Å²) in [7, 11) is 1.62. The molecule has 8 nitrogen and oxygen atoms in total. The van der Waals surface area contributed by atoms with E-state index in [1.807, 2.05) is 36.4 Å². The molecule has 0 aliphatic carbocycles. The SMILES string of the molecule is COc1cccc(Nc2nc(N)nc(CN3CCN(c4ccc(F)cc4)CC3)n2)c1. The van der Waals surface area contributed by atoms with Gasteiger partial charge in [-0.3, -0.25) is 4.90 Å². The summed E-state index contributed by atoms with van der Waals surface area (Å²) in [5, 5.41) is 3.15. The Balaban J connectivity index is 1.38. The van der Waals surface area contributed by atoms with Crippen LogP contribution in [0.4, 0.5) is 27.7 Å². The third-order valence-corrected chi connectivity index (χ3v) is 4.95. The molecule has 3 N–H and O–H groups in total. The first-order valence-electron chi connectivity index (χ1n) is 9.73. The zero-order valence-corrected chi connectivity index (χ0v) is 16.8. The van der Waals surface area contributed by atoms with Gasteiger partial charge < -0.3 is 20.7 Å². The van der Waals surface area contributed by atoms with Gasteiger partial charge in [0.1, 0.15) is 17.4 Å². The number of halogens is 1. The Bertz CT molecular complexity index is 991. The van der Waals surface area contributed by atoms with Crippen molar-refractivity contribution in [1.82, 2.24) is 19.9 Å². The number of nitrogen functional groups attached to an aromatic ring is 1. The topological polar surface area (TPSA) is 92.4 Å². The number of methoxy groups -OCH3 is 1. The fourth-order valence-electron chi connectivity index (χ4n) is 3.41. The minimum absolute atomic E-state index is 0.176. The van der Waals surface area contributed by atoms with Crippen LogP contribution in [0.5, 0.6) is 5.75 Å². The molecule has 0 radical (unpaired) electrons. The minimum atomic E-state index is -0.219. The molecule has 9 heteroatoms. The van der Waals surface area contributed by atoms with E-state index in [0.29, 0.717) is 18.3 Å². The van der Waals surface area contributed by atoms with Gasteiger partial charge in [0.25, 0.3) is 0 Å². The van der Waals surface area contributed by atoms with Gasteiger partial charge in [0.05, 0.1) is 13.7 Å². The van der Waals surface area contributed by atoms with Crippen molar-refractivity contribution < 1.29 is 9.13 Å². The van der Waals surface area contributed by atoms with E-state index in [0.717, 1.165) is 43.3 Å². The fourth-order valence-corrected chi connectivity index (χ4v) is 3.41. The summed E-state index contributed by atoms with van der Waals surface area (Å²) >= 11 is 0. The highest BCUT2D eigenvalue weighted by Gasteiger charge is 2.19. The van der Waals surface area contributed by atoms with Crippen LogP contribution in [-0.2, 0) is 6.54 Å². The van der Waals surface area contributed by atoms with Crippen molar-refractivity contribution in [2.45, 2.75) is 6.54 Å². The molecule has 0 unspecified atom stereocenters. The lowest BCUT2D eigenvalue weighted by Gasteiger charge is -2.35. The summed E-state index contributed by atoms with van der Waals surface area (Å²) in [5.74, 6) is 1.71. The molecular weight excluding hydrogens is 385 g/mol. The van der Waals surface area contributed by atoms with Gasteiger partial charge in [-0.1, -0.05) is 6.07 Å². The second kappa shape index (κ2) is 8.91. The van der Waals surface area contributed by atoms with Crippen LogP contribution in [0.15, 0.2) is 48.5 Å². The lowest BCUT2D eigenvalue weighted by atomic mass is 10.2. The summed E-state index contributed by atoms with van der Waals surface area (Å²) in [6.45, 7) is 3.97. The number of ether oxygens (including phenoxy) is 1. The van der Waals surface area contributed by atoms with Crippen molar-refractivity contribution in [3.05, 3.63) is 60.2 Å². The highest BCUT2D eigenvalue weighted by Crippen LogP contribution is 2.21. The van der Waals surface area contributed by atoms with E-state index in [-0.39, 0.29) is 11.8 Å². The van der Waals surface area contributed by atoms with Crippen molar-refractivity contribution in [3.8, 4) is 5.75 Å². The standard InChI is InChI=1S/C21H24FN7O/c1-30-18-4-2-3-16(13-18)24-21-26-19(25-20(23)27-21)14-28-9-11-29(12-10-28)17-7-5-15(22)6-8-17/h2-8,13H,9-12,14H2,1H3,(H3,23,24,25,26,27). The van der Waals surface area contributed by atoms with Gasteiger partial charge >= 0.3 is 0 Å². The summed E-state index contributed by atoms with van der Waals surface area (Å²) < 4.78 is 18.4. The van der Waals surface area contributed by atoms with Crippen LogP contribution in [0.25, 0.3) is 0 Å². The monoisotopic (exact) mass is 409 g/mol. The van der Waals surface area contributed by atoms with Crippen LogP contribution in [0.3, 0.4) is 0 Å². The van der Waals surface area contributed by atoms with E-state index in [2.05, 4.69) is 30.1 Å². The number of benzene rings is 2. The molecule has 0 saturated carbocycles. The van der Waals surface area contributed by atoms with Gasteiger partial charge in [-0.2, -0.15) is 15.0 Å². The maximum atomic E-state index is 13.1. The van der Waals surface area contributed by atoms with Gasteiger partial charge in [0.15, 0.2) is 0 Å². The van der Waals surface area contributed by atoms with Gasteiger partial charge in [-0.05, 0) is 36.4 Å². The third kappa shape index (κ3) is 4.93. The number of piperazine rings is 1. The molecule has 1 aromatic heterocycles. The van der Waals surface area contributed by atoms with E-state index in [9.17, 15) is 4.39 Å². The van der Waals surface area contributed by atoms with Gasteiger partial charge in [0.2, 0.25) is 11.9 Å². The van der Waals surface area contributed by atoms with Crippen LogP contribution in [0.1, 0.15) is 5.82 Å². The highest BCUT2D eigenvalue weighted by molar-refractivity contribution is 5.56. The first kappa shape index (κ1) is 19.8. The molecule has 1 aliphatic rings. The lowest BCUT2D eigenvalue weighted by molar-refractivity contribution is 0.244. The Labute approximate surface area is 174 Å². The van der Waals surface area contributed by atoms with E-state index in [4.69, 9.17) is 10.5 Å². The van der Waals surface area contributed by atoms with Crippen LogP contribution in [-0.4, -0.2) is 53.1 Å². The van der Waals surface area contributed by atoms with Crippen LogP contribution in [0.2, 0.25) is 0 Å². The second-order valence-electron chi connectivity index (χ2n) is 7.03. The normalized spacial score (nSPS) is 14.5. The largest absolute Gasteiger partial charge is 0.497 e. The molecule has 1 fully saturated rings. The number of aromatic nitrogens is 3. The van der Waals surface area contributed by atoms with E-state index in [1.54, 1.807) is 7.11 Å². The van der Waals surface area contributed by atoms with Crippen LogP contribution < -0.4 is 20.7 Å². The predicted octanol–water partition coefficient (Wildman–Crippen LogP) is 2.67. The number of anilines is 4. The first-order chi connectivity index (χ1) is 14.6. The maximum absolute atomic E-state index is 13.1. The smallest absolute Gasteiger partial charge is 0.232 e. The van der Waals surface area contributed by atoms with Crippen molar-refractivity contribution >= 4 is 23.3 Å². The molecule has 2 aromatic carbocycles. The molecule has 1 saturated heterocycles. The summed E-state index contributed by atoms with van der Waals surface area (Å²) in [6, 6.07) is 14.1. The first-order valence-corrected chi connectivity index (χ1v) is 9.73. The molecular formula is C21H24FN7O. The molecule has 4 rings (SSSR count). The Morgan fingerprint density at radius 2 is 1.80 bits per heavy atom. The average Bonchev–Trinajstić information content (AvgIpc) is 2.75. The Kier molecular flexibility index (Phi) is 5.89. The van der Waals surface area contributed by atoms with Gasteiger partial charge in [-0.25, -0.2) is 4.39 Å². The third-order valence-electron chi connectivity index (χ3n) is 4.95. The number of hydrogen-bond acceptors (Lipinski definition) is 8. The molecule has 1 aliphatic heterocycles. The minimum Gasteiger partial charge on any atom is -0.497 e. The lowest BCUT2D eigenvalue weighted by Crippen LogP contribution is -2.46. The van der Waals surface area contributed by atoms with Crippen molar-refractivity contribution in [2.75, 3.05) is 49.2 Å². The van der Waals surface area contributed by atoms with Gasteiger partial charge in [-0.15, -0.1) is 0 Å². The second-order valence-corrected chi connectivity index (χ2v) is 7.03. The zero-order valence-electron chi connectivity index (χ0n) is 16.8. The molecule has 156 valence electrons. The maximum Gasteiger partial charge on any atom is 0.232 e. The Morgan fingerprint density at radius 1 is 1.03 bits per heavy atom. The average molecular weight is 409 g/mol. The van der Waals surface area contributed by atoms with Crippen molar-refractivity contribution in [2.24, 2.45) is 0 Å². The predicted molar refractivity (Wildman–Crippen MR) is 114 cm³/mol. The Morgan fingerprint density at radius 3 is 2.53 bits per heavy atom.